The number of rotatable bonds is 5. The van der Waals surface area contributed by atoms with E-state index in [9.17, 15) is 4.79 Å². The molecule has 2 N–H and O–H groups in total. The summed E-state index contributed by atoms with van der Waals surface area (Å²) < 4.78 is 4.84. The number of carbonyl (C=O) groups excluding carboxylic acids is 1. The predicted octanol–water partition coefficient (Wildman–Crippen LogP) is 0.462. The number of nitrogens with two attached hydrogens (primary N) is 1. The molecule has 0 saturated heterocycles. The molecule has 92 valence electrons. The molecule has 0 heterocycles. The average Bonchev–Trinajstić information content (AvgIpc) is 2.34. The molecule has 17 heavy (non-hydrogen) atoms. The van der Waals surface area contributed by atoms with E-state index in [-0.39, 0.29) is 5.97 Å². The van der Waals surface area contributed by atoms with Crippen molar-refractivity contribution in [1.29, 1.82) is 0 Å². The fourth-order valence-electron chi connectivity index (χ4n) is 1.92. The zero-order valence-corrected chi connectivity index (χ0v) is 10.8. The Balaban J connectivity index is 3.09. The van der Waals surface area contributed by atoms with Crippen LogP contribution in [-0.2, 0) is 15.1 Å². The van der Waals surface area contributed by atoms with E-state index in [1.165, 1.54) is 7.11 Å². The Kier molecular flexibility index (Phi) is 4.76. The lowest BCUT2D eigenvalue weighted by molar-refractivity contribution is -0.147. The van der Waals surface area contributed by atoms with Crippen LogP contribution < -0.4 is 11.2 Å². The number of hydrogen-bond acceptors (Lipinski definition) is 3. The summed E-state index contributed by atoms with van der Waals surface area (Å²) in [4.78, 5) is 11.9. The first-order valence-corrected chi connectivity index (χ1v) is 5.99. The fraction of sp³-hybridized carbons (Fsp3) is 0.462. The fourth-order valence-corrected chi connectivity index (χ4v) is 1.92. The SMILES string of the molecule is Bc1cccc(C(N)(CCCC)C(=O)OC)c1. The second-order valence-corrected chi connectivity index (χ2v) is 4.44. The lowest BCUT2D eigenvalue weighted by Gasteiger charge is -2.27. The van der Waals surface area contributed by atoms with Gasteiger partial charge in [0, 0.05) is 0 Å². The molecule has 1 rings (SSSR count). The van der Waals surface area contributed by atoms with E-state index >= 15 is 0 Å². The minimum absolute atomic E-state index is 0.364. The van der Waals surface area contributed by atoms with Crippen LogP contribution in [0.5, 0.6) is 0 Å². The highest BCUT2D eigenvalue weighted by atomic mass is 16.5. The molecule has 0 radical (unpaired) electrons. The maximum Gasteiger partial charge on any atom is 0.330 e. The van der Waals surface area contributed by atoms with Crippen LogP contribution in [-0.4, -0.2) is 20.9 Å². The van der Waals surface area contributed by atoms with Crippen molar-refractivity contribution in [3.05, 3.63) is 29.8 Å². The standard InChI is InChI=1S/C13H20BNO2/c1-3-4-8-13(15,12(16)17-2)10-6-5-7-11(14)9-10/h5-7,9H,3-4,8,14-15H2,1-2H3. The Morgan fingerprint density at radius 1 is 1.53 bits per heavy atom. The molecule has 1 atom stereocenters. The number of hydrogen-bond donors (Lipinski definition) is 1. The van der Waals surface area contributed by atoms with Gasteiger partial charge in [0.05, 0.1) is 7.11 Å². The van der Waals surface area contributed by atoms with E-state index in [4.69, 9.17) is 10.5 Å². The predicted molar refractivity (Wildman–Crippen MR) is 72.0 cm³/mol. The Bertz CT molecular complexity index is 395. The summed E-state index contributed by atoms with van der Waals surface area (Å²) >= 11 is 0. The van der Waals surface area contributed by atoms with Gasteiger partial charge in [-0.25, -0.2) is 4.79 Å². The van der Waals surface area contributed by atoms with Crippen LogP contribution in [0.4, 0.5) is 0 Å². The molecule has 0 aliphatic heterocycles. The molecule has 0 bridgehead atoms. The summed E-state index contributed by atoms with van der Waals surface area (Å²) in [7, 11) is 3.37. The molecular formula is C13H20BNO2. The number of methoxy groups -OCH3 is 1. The van der Waals surface area contributed by atoms with E-state index in [2.05, 4.69) is 6.92 Å². The number of ether oxygens (including phenoxy) is 1. The summed E-state index contributed by atoms with van der Waals surface area (Å²) in [6.07, 6.45) is 2.51. The highest BCUT2D eigenvalue weighted by molar-refractivity contribution is 6.32. The Labute approximate surface area is 104 Å². The van der Waals surface area contributed by atoms with Crippen LogP contribution in [0, 0.1) is 0 Å². The van der Waals surface area contributed by atoms with Crippen molar-refractivity contribution in [3.8, 4) is 0 Å². The largest absolute Gasteiger partial charge is 0.467 e. The van der Waals surface area contributed by atoms with Crippen molar-refractivity contribution >= 4 is 19.3 Å². The van der Waals surface area contributed by atoms with Crippen molar-refractivity contribution in [2.24, 2.45) is 5.73 Å². The molecule has 0 saturated carbocycles. The lowest BCUT2D eigenvalue weighted by Crippen LogP contribution is -2.46. The van der Waals surface area contributed by atoms with Crippen LogP contribution in [0.2, 0.25) is 0 Å². The van der Waals surface area contributed by atoms with Gasteiger partial charge in [-0.15, -0.1) is 0 Å². The van der Waals surface area contributed by atoms with Crippen molar-refractivity contribution in [2.75, 3.05) is 7.11 Å². The summed E-state index contributed by atoms with van der Waals surface area (Å²) in [6, 6.07) is 7.74. The summed E-state index contributed by atoms with van der Waals surface area (Å²) in [5, 5.41) is 0. The molecule has 0 aromatic heterocycles. The molecule has 3 nitrogen and oxygen atoms in total. The number of carbonyl (C=O) groups is 1. The Morgan fingerprint density at radius 2 is 2.24 bits per heavy atom. The normalized spacial score (nSPS) is 14.1. The third kappa shape index (κ3) is 3.10. The molecule has 0 amide bonds. The van der Waals surface area contributed by atoms with Gasteiger partial charge in [0.25, 0.3) is 0 Å². The van der Waals surface area contributed by atoms with Gasteiger partial charge in [0.15, 0.2) is 0 Å². The quantitative estimate of drug-likeness (QED) is 0.593. The zero-order chi connectivity index (χ0) is 12.9. The highest BCUT2D eigenvalue weighted by Gasteiger charge is 2.36. The minimum Gasteiger partial charge on any atom is -0.467 e. The Morgan fingerprint density at radius 3 is 2.76 bits per heavy atom. The molecule has 1 aromatic rings. The summed E-state index contributed by atoms with van der Waals surface area (Å²) in [6.45, 7) is 2.08. The van der Waals surface area contributed by atoms with Gasteiger partial charge in [-0.3, -0.25) is 0 Å². The first-order valence-electron chi connectivity index (χ1n) is 5.99. The zero-order valence-electron chi connectivity index (χ0n) is 10.8. The van der Waals surface area contributed by atoms with Gasteiger partial charge in [-0.2, -0.15) is 0 Å². The van der Waals surface area contributed by atoms with E-state index in [0.29, 0.717) is 6.42 Å². The maximum atomic E-state index is 11.9. The van der Waals surface area contributed by atoms with Crippen LogP contribution in [0.15, 0.2) is 24.3 Å². The molecular weight excluding hydrogens is 213 g/mol. The van der Waals surface area contributed by atoms with E-state index in [1.807, 2.05) is 32.1 Å². The monoisotopic (exact) mass is 233 g/mol. The molecule has 0 spiro atoms. The van der Waals surface area contributed by atoms with Crippen LogP contribution in [0.1, 0.15) is 31.7 Å². The van der Waals surface area contributed by atoms with Gasteiger partial charge in [0.1, 0.15) is 13.4 Å². The second kappa shape index (κ2) is 5.87. The van der Waals surface area contributed by atoms with Crippen molar-refractivity contribution in [2.45, 2.75) is 31.7 Å². The van der Waals surface area contributed by atoms with E-state index < -0.39 is 5.54 Å². The summed E-state index contributed by atoms with van der Waals surface area (Å²) in [5.41, 5.74) is 7.16. The van der Waals surface area contributed by atoms with Crippen LogP contribution in [0.25, 0.3) is 0 Å². The Hall–Kier alpha value is -1.29. The summed E-state index contributed by atoms with van der Waals surface area (Å²) in [5.74, 6) is -0.364. The molecule has 0 aliphatic rings. The third-order valence-electron chi connectivity index (χ3n) is 3.01. The maximum absolute atomic E-state index is 11.9. The molecule has 4 heteroatoms. The first-order chi connectivity index (χ1) is 8.04. The van der Waals surface area contributed by atoms with E-state index in [1.54, 1.807) is 0 Å². The molecule has 1 aromatic carbocycles. The minimum atomic E-state index is -1.02. The van der Waals surface area contributed by atoms with E-state index in [0.717, 1.165) is 23.9 Å². The molecule has 1 unspecified atom stereocenters. The van der Waals surface area contributed by atoms with Gasteiger partial charge >= 0.3 is 5.97 Å². The first kappa shape index (κ1) is 13.8. The number of benzene rings is 1. The number of unbranched alkanes of at least 4 members (excludes halogenated alkanes) is 1. The van der Waals surface area contributed by atoms with Crippen LogP contribution >= 0.6 is 0 Å². The topological polar surface area (TPSA) is 52.3 Å². The van der Waals surface area contributed by atoms with Gasteiger partial charge < -0.3 is 10.5 Å². The van der Waals surface area contributed by atoms with Gasteiger partial charge in [-0.05, 0) is 12.0 Å². The van der Waals surface area contributed by atoms with Gasteiger partial charge in [0.2, 0.25) is 0 Å². The van der Waals surface area contributed by atoms with Crippen LogP contribution in [0.3, 0.4) is 0 Å². The van der Waals surface area contributed by atoms with Crippen molar-refractivity contribution in [1.82, 2.24) is 0 Å². The van der Waals surface area contributed by atoms with Crippen molar-refractivity contribution < 1.29 is 9.53 Å². The highest BCUT2D eigenvalue weighted by Crippen LogP contribution is 2.25. The molecule has 0 fully saturated rings. The van der Waals surface area contributed by atoms with Gasteiger partial charge in [-0.1, -0.05) is 49.5 Å². The number of esters is 1. The third-order valence-corrected chi connectivity index (χ3v) is 3.01. The lowest BCUT2D eigenvalue weighted by atomic mass is 9.82. The van der Waals surface area contributed by atoms with Crippen molar-refractivity contribution in [3.63, 3.8) is 0 Å². The molecule has 0 aliphatic carbocycles. The second-order valence-electron chi connectivity index (χ2n) is 4.44. The smallest absolute Gasteiger partial charge is 0.330 e. The average molecular weight is 233 g/mol.